The van der Waals surface area contributed by atoms with Gasteiger partial charge in [0.2, 0.25) is 15.9 Å². The molecule has 3 atom stereocenters. The van der Waals surface area contributed by atoms with E-state index < -0.39 is 10.0 Å². The molecule has 2 aliphatic heterocycles. The smallest absolute Gasteiger partial charge is 0.222 e. The van der Waals surface area contributed by atoms with E-state index in [9.17, 15) is 13.2 Å². The van der Waals surface area contributed by atoms with Crippen molar-refractivity contribution in [3.05, 3.63) is 0 Å². The van der Waals surface area contributed by atoms with Crippen LogP contribution in [0.5, 0.6) is 0 Å². The fourth-order valence-electron chi connectivity index (χ4n) is 4.93. The summed E-state index contributed by atoms with van der Waals surface area (Å²) in [6.45, 7) is 5.25. The normalized spacial score (nSPS) is 31.6. The minimum atomic E-state index is -3.21. The summed E-state index contributed by atoms with van der Waals surface area (Å²) in [5.41, 5.74) is 0. The monoisotopic (exact) mass is 370 g/mol. The van der Waals surface area contributed by atoms with E-state index in [-0.39, 0.29) is 11.7 Å². The van der Waals surface area contributed by atoms with E-state index in [0.717, 1.165) is 31.8 Å². The Morgan fingerprint density at radius 2 is 1.72 bits per heavy atom. The summed E-state index contributed by atoms with van der Waals surface area (Å²) < 4.78 is 27.1. The number of nitrogens with zero attached hydrogens (tertiary/aromatic N) is 2. The van der Waals surface area contributed by atoms with Gasteiger partial charge in [0.05, 0.1) is 5.75 Å². The summed E-state index contributed by atoms with van der Waals surface area (Å²) in [6, 6.07) is 0. The first-order valence-corrected chi connectivity index (χ1v) is 11.8. The van der Waals surface area contributed by atoms with Gasteiger partial charge in [-0.05, 0) is 49.9 Å². The van der Waals surface area contributed by atoms with Gasteiger partial charge in [-0.2, -0.15) is 0 Å². The molecule has 5 nitrogen and oxygen atoms in total. The number of carbonyl (C=O) groups is 1. The van der Waals surface area contributed by atoms with Gasteiger partial charge in [-0.1, -0.05) is 26.2 Å². The first kappa shape index (κ1) is 19.2. The minimum absolute atomic E-state index is 0.125. The average molecular weight is 371 g/mol. The van der Waals surface area contributed by atoms with Crippen molar-refractivity contribution in [3.8, 4) is 0 Å². The van der Waals surface area contributed by atoms with Crippen LogP contribution in [0.1, 0.15) is 64.7 Å². The Balaban J connectivity index is 1.44. The van der Waals surface area contributed by atoms with Gasteiger partial charge in [0.25, 0.3) is 0 Å². The van der Waals surface area contributed by atoms with Gasteiger partial charge in [-0.25, -0.2) is 12.7 Å². The second-order valence-electron chi connectivity index (χ2n) is 8.46. The maximum atomic E-state index is 12.7. The lowest BCUT2D eigenvalue weighted by atomic mass is 9.76. The van der Waals surface area contributed by atoms with Crippen LogP contribution in [-0.2, 0) is 14.8 Å². The molecule has 1 saturated carbocycles. The molecule has 0 N–H and O–H groups in total. The van der Waals surface area contributed by atoms with Gasteiger partial charge in [0.15, 0.2) is 0 Å². The van der Waals surface area contributed by atoms with Crippen molar-refractivity contribution in [1.29, 1.82) is 0 Å². The van der Waals surface area contributed by atoms with Gasteiger partial charge >= 0.3 is 0 Å². The molecule has 3 unspecified atom stereocenters. The molecule has 144 valence electrons. The lowest BCUT2D eigenvalue weighted by Gasteiger charge is -2.40. The van der Waals surface area contributed by atoms with E-state index in [0.29, 0.717) is 37.8 Å². The summed E-state index contributed by atoms with van der Waals surface area (Å²) in [6.07, 6.45) is 9.13. The van der Waals surface area contributed by atoms with Crippen molar-refractivity contribution in [2.24, 2.45) is 17.8 Å². The Kier molecular flexibility index (Phi) is 6.42. The summed E-state index contributed by atoms with van der Waals surface area (Å²) >= 11 is 0. The molecular weight excluding hydrogens is 336 g/mol. The molecule has 25 heavy (non-hydrogen) atoms. The Morgan fingerprint density at radius 1 is 0.960 bits per heavy atom. The SMILES string of the molecule is CC1CCCN(C(=O)CCCS(=O)(=O)N2CCC3CCCCC3C2)C1. The molecule has 1 amide bonds. The van der Waals surface area contributed by atoms with E-state index in [1.54, 1.807) is 4.31 Å². The fraction of sp³-hybridized carbons (Fsp3) is 0.947. The largest absolute Gasteiger partial charge is 0.342 e. The molecule has 6 heteroatoms. The third kappa shape index (κ3) is 4.97. The highest BCUT2D eigenvalue weighted by atomic mass is 32.2. The predicted octanol–water partition coefficient (Wildman–Crippen LogP) is 2.87. The Morgan fingerprint density at radius 3 is 2.48 bits per heavy atom. The van der Waals surface area contributed by atoms with E-state index in [1.807, 2.05) is 4.90 Å². The quantitative estimate of drug-likeness (QED) is 0.748. The van der Waals surface area contributed by atoms with Crippen LogP contribution in [0.15, 0.2) is 0 Å². The van der Waals surface area contributed by atoms with Crippen molar-refractivity contribution >= 4 is 15.9 Å². The summed E-state index contributed by atoms with van der Waals surface area (Å²) in [7, 11) is -3.21. The van der Waals surface area contributed by atoms with E-state index in [1.165, 1.54) is 32.1 Å². The van der Waals surface area contributed by atoms with Crippen molar-refractivity contribution < 1.29 is 13.2 Å². The third-order valence-electron chi connectivity index (χ3n) is 6.45. The zero-order valence-corrected chi connectivity index (χ0v) is 16.5. The number of hydrogen-bond donors (Lipinski definition) is 0. The molecule has 0 aromatic rings. The van der Waals surface area contributed by atoms with Crippen LogP contribution in [0.4, 0.5) is 0 Å². The van der Waals surface area contributed by atoms with E-state index in [4.69, 9.17) is 0 Å². The molecule has 0 radical (unpaired) electrons. The van der Waals surface area contributed by atoms with Crippen LogP contribution in [0.3, 0.4) is 0 Å². The van der Waals surface area contributed by atoms with Crippen LogP contribution in [0, 0.1) is 17.8 Å². The van der Waals surface area contributed by atoms with Crippen LogP contribution < -0.4 is 0 Å². The molecular formula is C19H34N2O3S. The highest BCUT2D eigenvalue weighted by Gasteiger charge is 2.35. The average Bonchev–Trinajstić information content (AvgIpc) is 2.61. The van der Waals surface area contributed by atoms with E-state index >= 15 is 0 Å². The minimum Gasteiger partial charge on any atom is -0.342 e. The van der Waals surface area contributed by atoms with Crippen molar-refractivity contribution in [1.82, 2.24) is 9.21 Å². The molecule has 0 bridgehead atoms. The molecule has 2 heterocycles. The Bertz CT molecular complexity index is 563. The van der Waals surface area contributed by atoms with Crippen LogP contribution in [-0.4, -0.2) is 55.5 Å². The maximum absolute atomic E-state index is 12.7. The van der Waals surface area contributed by atoms with E-state index in [2.05, 4.69) is 6.92 Å². The van der Waals surface area contributed by atoms with Gasteiger partial charge < -0.3 is 4.90 Å². The lowest BCUT2D eigenvalue weighted by Crippen LogP contribution is -2.45. The highest BCUT2D eigenvalue weighted by Crippen LogP contribution is 2.36. The standard InChI is InChI=1S/C19H34N2O3S/c1-16-6-4-11-20(14-16)19(22)9-5-13-25(23,24)21-12-10-17-7-2-3-8-18(17)15-21/h16-18H,2-15H2,1H3. The number of likely N-dealkylation sites (tertiary alicyclic amines) is 1. The molecule has 3 rings (SSSR count). The van der Waals surface area contributed by atoms with Gasteiger partial charge in [-0.3, -0.25) is 4.79 Å². The number of rotatable bonds is 5. The van der Waals surface area contributed by atoms with Gasteiger partial charge in [0, 0.05) is 32.6 Å². The second-order valence-corrected chi connectivity index (χ2v) is 10.5. The molecule has 3 fully saturated rings. The third-order valence-corrected chi connectivity index (χ3v) is 8.37. The number of piperidine rings is 2. The molecule has 0 spiro atoms. The van der Waals surface area contributed by atoms with Crippen molar-refractivity contribution in [2.75, 3.05) is 31.9 Å². The number of sulfonamides is 1. The predicted molar refractivity (Wildman–Crippen MR) is 99.6 cm³/mol. The van der Waals surface area contributed by atoms with Crippen LogP contribution in [0.2, 0.25) is 0 Å². The first-order chi connectivity index (χ1) is 12.0. The number of carbonyl (C=O) groups excluding carboxylic acids is 1. The maximum Gasteiger partial charge on any atom is 0.222 e. The second kappa shape index (κ2) is 8.38. The number of fused-ring (bicyclic) bond motifs is 1. The van der Waals surface area contributed by atoms with Crippen LogP contribution in [0.25, 0.3) is 0 Å². The fourth-order valence-corrected chi connectivity index (χ4v) is 6.50. The zero-order valence-electron chi connectivity index (χ0n) is 15.7. The molecule has 0 aromatic heterocycles. The Hall–Kier alpha value is -0.620. The lowest BCUT2D eigenvalue weighted by molar-refractivity contribution is -0.132. The van der Waals surface area contributed by atoms with Gasteiger partial charge in [-0.15, -0.1) is 0 Å². The number of amides is 1. The van der Waals surface area contributed by atoms with Crippen molar-refractivity contribution in [2.45, 2.75) is 64.7 Å². The number of hydrogen-bond acceptors (Lipinski definition) is 3. The topological polar surface area (TPSA) is 57.7 Å². The molecule has 3 aliphatic rings. The summed E-state index contributed by atoms with van der Waals surface area (Å²) in [5, 5.41) is 0. The summed E-state index contributed by atoms with van der Waals surface area (Å²) in [4.78, 5) is 14.2. The molecule has 0 aromatic carbocycles. The highest BCUT2D eigenvalue weighted by molar-refractivity contribution is 7.89. The molecule has 1 aliphatic carbocycles. The van der Waals surface area contributed by atoms with Crippen molar-refractivity contribution in [3.63, 3.8) is 0 Å². The molecule has 2 saturated heterocycles. The van der Waals surface area contributed by atoms with Gasteiger partial charge in [0.1, 0.15) is 0 Å². The Labute approximate surface area is 153 Å². The summed E-state index contributed by atoms with van der Waals surface area (Å²) in [5.74, 6) is 2.13. The van der Waals surface area contributed by atoms with Crippen LogP contribution >= 0.6 is 0 Å². The first-order valence-electron chi connectivity index (χ1n) is 10.2. The zero-order chi connectivity index (χ0) is 17.9.